The highest BCUT2D eigenvalue weighted by Crippen LogP contribution is 2.22. The van der Waals surface area contributed by atoms with Gasteiger partial charge in [0.2, 0.25) is 5.78 Å². The Morgan fingerprint density at radius 1 is 1.03 bits per heavy atom. The zero-order valence-electron chi connectivity index (χ0n) is 18.7. The molecule has 3 aromatic heterocycles. The maximum absolute atomic E-state index is 12.9. The lowest BCUT2D eigenvalue weighted by Gasteiger charge is -2.10. The van der Waals surface area contributed by atoms with Crippen LogP contribution in [-0.2, 0) is 9.47 Å². The molecule has 0 saturated carbocycles. The molecule has 3 heterocycles. The van der Waals surface area contributed by atoms with Crippen molar-refractivity contribution in [3.8, 4) is 5.69 Å². The number of methoxy groups -OCH3 is 1. The van der Waals surface area contributed by atoms with Crippen LogP contribution in [0.1, 0.15) is 48.2 Å². The average molecular weight is 446 g/mol. The molecule has 9 nitrogen and oxygen atoms in total. The lowest BCUT2D eigenvalue weighted by atomic mass is 10.1. The molecule has 0 radical (unpaired) electrons. The van der Waals surface area contributed by atoms with Crippen molar-refractivity contribution in [3.63, 3.8) is 0 Å². The van der Waals surface area contributed by atoms with Gasteiger partial charge in [0.25, 0.3) is 0 Å². The second-order valence-corrected chi connectivity index (χ2v) is 7.51. The first-order valence-electron chi connectivity index (χ1n) is 10.2. The summed E-state index contributed by atoms with van der Waals surface area (Å²) in [5.74, 6) is -1.39. The summed E-state index contributed by atoms with van der Waals surface area (Å²) in [6.45, 7) is 4.97. The number of carbonyl (C=O) groups is 3. The fourth-order valence-corrected chi connectivity index (χ4v) is 3.82. The molecule has 1 aromatic carbocycles. The quantitative estimate of drug-likeness (QED) is 0.331. The molecule has 33 heavy (non-hydrogen) atoms. The lowest BCUT2D eigenvalue weighted by Crippen LogP contribution is -2.15. The Morgan fingerprint density at radius 3 is 2.45 bits per heavy atom. The number of nitrogens with zero attached hydrogens (tertiary/aromatic N) is 4. The van der Waals surface area contributed by atoms with Gasteiger partial charge in [-0.25, -0.2) is 19.1 Å². The third-order valence-corrected chi connectivity index (χ3v) is 5.39. The highest BCUT2D eigenvalue weighted by atomic mass is 16.5. The van der Waals surface area contributed by atoms with Gasteiger partial charge in [-0.2, -0.15) is 5.10 Å². The predicted molar refractivity (Wildman–Crippen MR) is 119 cm³/mol. The molecule has 4 aromatic rings. The van der Waals surface area contributed by atoms with E-state index in [-0.39, 0.29) is 11.3 Å². The minimum atomic E-state index is -0.651. The van der Waals surface area contributed by atoms with Crippen molar-refractivity contribution in [1.29, 1.82) is 0 Å². The van der Waals surface area contributed by atoms with Crippen molar-refractivity contribution in [1.82, 2.24) is 19.2 Å². The van der Waals surface area contributed by atoms with Crippen molar-refractivity contribution in [3.05, 3.63) is 82.6 Å². The number of Topliss-reactive ketones (excluding diaryl/α,β-unsaturated/α-hetero) is 1. The van der Waals surface area contributed by atoms with Crippen LogP contribution in [0.3, 0.4) is 0 Å². The standard InChI is InChI=1S/C24H22N4O5/c1-14-12-19(16(3)28(14)18-8-6-17(7-9-18)23(30)32-4)20(29)13-33-24(31)21-15(2)26-27-11-5-10-25-22(21)27/h5-12H,13H2,1-4H3. The molecule has 0 saturated heterocycles. The maximum Gasteiger partial charge on any atom is 0.344 e. The fraction of sp³-hybridized carbons (Fsp3) is 0.208. The Kier molecular flexibility index (Phi) is 5.78. The van der Waals surface area contributed by atoms with Crippen molar-refractivity contribution in [2.45, 2.75) is 20.8 Å². The van der Waals surface area contributed by atoms with E-state index in [0.717, 1.165) is 11.4 Å². The summed E-state index contributed by atoms with van der Waals surface area (Å²) < 4.78 is 13.4. The summed E-state index contributed by atoms with van der Waals surface area (Å²) in [4.78, 5) is 41.4. The molecule has 168 valence electrons. The maximum atomic E-state index is 12.9. The zero-order valence-corrected chi connectivity index (χ0v) is 18.7. The van der Waals surface area contributed by atoms with Crippen LogP contribution in [-0.4, -0.2) is 50.6 Å². The molecular formula is C24H22N4O5. The average Bonchev–Trinajstić information content (AvgIpc) is 3.31. The van der Waals surface area contributed by atoms with Crippen molar-refractivity contribution >= 4 is 23.4 Å². The van der Waals surface area contributed by atoms with Crippen LogP contribution in [0.25, 0.3) is 11.3 Å². The molecule has 0 unspecified atom stereocenters. The first-order chi connectivity index (χ1) is 15.8. The van der Waals surface area contributed by atoms with Crippen molar-refractivity contribution < 1.29 is 23.9 Å². The van der Waals surface area contributed by atoms with Gasteiger partial charge in [0, 0.05) is 35.0 Å². The summed E-state index contributed by atoms with van der Waals surface area (Å²) in [5, 5.41) is 4.24. The number of ether oxygens (including phenoxy) is 2. The zero-order chi connectivity index (χ0) is 23.7. The molecule has 0 amide bonds. The van der Waals surface area contributed by atoms with Gasteiger partial charge < -0.3 is 14.0 Å². The summed E-state index contributed by atoms with van der Waals surface area (Å²) in [7, 11) is 1.33. The molecule has 9 heteroatoms. The van der Waals surface area contributed by atoms with Crippen LogP contribution in [0.4, 0.5) is 0 Å². The van der Waals surface area contributed by atoms with Gasteiger partial charge in [0.15, 0.2) is 12.3 Å². The first kappa shape index (κ1) is 21.9. The number of ketones is 1. The number of aromatic nitrogens is 4. The number of carbonyl (C=O) groups excluding carboxylic acids is 3. The number of fused-ring (bicyclic) bond motifs is 1. The van der Waals surface area contributed by atoms with Crippen LogP contribution in [0.15, 0.2) is 48.8 Å². The van der Waals surface area contributed by atoms with Crippen LogP contribution in [0.5, 0.6) is 0 Å². The Labute approximate surface area is 189 Å². The Balaban J connectivity index is 1.53. The van der Waals surface area contributed by atoms with Gasteiger partial charge in [0.05, 0.1) is 18.4 Å². The van der Waals surface area contributed by atoms with E-state index in [1.807, 2.05) is 18.4 Å². The van der Waals surface area contributed by atoms with Crippen LogP contribution in [0, 0.1) is 20.8 Å². The van der Waals surface area contributed by atoms with E-state index in [0.29, 0.717) is 28.2 Å². The summed E-state index contributed by atoms with van der Waals surface area (Å²) >= 11 is 0. The third kappa shape index (κ3) is 4.00. The predicted octanol–water partition coefficient (Wildman–Crippen LogP) is 3.27. The van der Waals surface area contributed by atoms with E-state index >= 15 is 0 Å². The van der Waals surface area contributed by atoms with Gasteiger partial charge >= 0.3 is 11.9 Å². The lowest BCUT2D eigenvalue weighted by molar-refractivity contribution is 0.0475. The van der Waals surface area contributed by atoms with Crippen molar-refractivity contribution in [2.75, 3.05) is 13.7 Å². The highest BCUT2D eigenvalue weighted by molar-refractivity contribution is 6.02. The SMILES string of the molecule is COC(=O)c1ccc(-n2c(C)cc(C(=O)COC(=O)c3c(C)nn4cccnc34)c2C)cc1. The topological polar surface area (TPSA) is 105 Å². The van der Waals surface area contributed by atoms with Gasteiger partial charge in [-0.3, -0.25) is 4.79 Å². The molecule has 0 aliphatic carbocycles. The monoisotopic (exact) mass is 446 g/mol. The number of benzene rings is 1. The number of rotatable bonds is 6. The molecule has 0 spiro atoms. The van der Waals surface area contributed by atoms with E-state index in [2.05, 4.69) is 10.1 Å². The molecule has 0 bridgehead atoms. The Hall–Kier alpha value is -4.27. The van der Waals surface area contributed by atoms with Crippen LogP contribution >= 0.6 is 0 Å². The smallest absolute Gasteiger partial charge is 0.344 e. The number of hydrogen-bond acceptors (Lipinski definition) is 7. The largest absolute Gasteiger partial charge is 0.465 e. The number of esters is 2. The van der Waals surface area contributed by atoms with Crippen molar-refractivity contribution in [2.24, 2.45) is 0 Å². The van der Waals surface area contributed by atoms with Gasteiger partial charge in [-0.1, -0.05) is 0 Å². The van der Waals surface area contributed by atoms with E-state index in [4.69, 9.17) is 9.47 Å². The minimum absolute atomic E-state index is 0.236. The molecule has 0 aliphatic heterocycles. The summed E-state index contributed by atoms with van der Waals surface area (Å²) in [6.07, 6.45) is 3.24. The molecule has 0 fully saturated rings. The van der Waals surface area contributed by atoms with Gasteiger partial charge in [-0.15, -0.1) is 0 Å². The van der Waals surface area contributed by atoms with Crippen LogP contribution < -0.4 is 0 Å². The van der Waals surface area contributed by atoms with Gasteiger partial charge in [0.1, 0.15) is 5.56 Å². The van der Waals surface area contributed by atoms with E-state index in [1.54, 1.807) is 55.7 Å². The fourth-order valence-electron chi connectivity index (χ4n) is 3.82. The number of aryl methyl sites for hydroxylation is 2. The van der Waals surface area contributed by atoms with E-state index in [9.17, 15) is 14.4 Å². The summed E-state index contributed by atoms with van der Waals surface area (Å²) in [6, 6.07) is 10.3. The van der Waals surface area contributed by atoms with Crippen LogP contribution in [0.2, 0.25) is 0 Å². The molecule has 0 aliphatic rings. The normalized spacial score (nSPS) is 10.9. The summed E-state index contributed by atoms with van der Waals surface area (Å²) in [5.41, 5.74) is 4.29. The Morgan fingerprint density at radius 2 is 1.76 bits per heavy atom. The number of hydrogen-bond donors (Lipinski definition) is 0. The first-order valence-corrected chi connectivity index (χ1v) is 10.2. The highest BCUT2D eigenvalue weighted by Gasteiger charge is 2.22. The second-order valence-electron chi connectivity index (χ2n) is 7.51. The second kappa shape index (κ2) is 8.70. The Bertz CT molecular complexity index is 1380. The van der Waals surface area contributed by atoms with E-state index in [1.165, 1.54) is 11.6 Å². The molecule has 0 N–H and O–H groups in total. The molecular weight excluding hydrogens is 424 g/mol. The van der Waals surface area contributed by atoms with E-state index < -0.39 is 18.5 Å². The minimum Gasteiger partial charge on any atom is -0.465 e. The molecule has 4 rings (SSSR count). The van der Waals surface area contributed by atoms with Gasteiger partial charge in [-0.05, 0) is 57.2 Å². The molecule has 0 atom stereocenters. The third-order valence-electron chi connectivity index (χ3n) is 5.39.